The van der Waals surface area contributed by atoms with Gasteiger partial charge in [0.15, 0.2) is 16.8 Å². The van der Waals surface area contributed by atoms with E-state index in [0.717, 1.165) is 0 Å². The second-order valence-electron chi connectivity index (χ2n) is 5.44. The third-order valence-corrected chi connectivity index (χ3v) is 4.29. The van der Waals surface area contributed by atoms with E-state index in [1.807, 2.05) is 0 Å². The van der Waals surface area contributed by atoms with Gasteiger partial charge < -0.3 is 4.42 Å². The van der Waals surface area contributed by atoms with Crippen molar-refractivity contribution < 1.29 is 9.21 Å². The Kier molecular flexibility index (Phi) is 3.78. The maximum atomic E-state index is 12.7. The SMILES string of the molecule is CC(=O)c1c(Cl)c(C)cc2c(=O)c(C)c(-c3cccnc3)oc12. The molecule has 3 rings (SSSR count). The van der Waals surface area contributed by atoms with Crippen molar-refractivity contribution in [3.8, 4) is 11.3 Å². The van der Waals surface area contributed by atoms with Crippen molar-refractivity contribution in [3.63, 3.8) is 0 Å². The van der Waals surface area contributed by atoms with Crippen LogP contribution in [0, 0.1) is 13.8 Å². The molecule has 4 nitrogen and oxygen atoms in total. The van der Waals surface area contributed by atoms with Crippen LogP contribution in [0.25, 0.3) is 22.3 Å². The molecule has 0 aliphatic carbocycles. The van der Waals surface area contributed by atoms with Crippen LogP contribution < -0.4 is 5.43 Å². The second-order valence-corrected chi connectivity index (χ2v) is 5.82. The van der Waals surface area contributed by atoms with Crippen LogP contribution in [0.4, 0.5) is 0 Å². The molecule has 0 bridgehead atoms. The van der Waals surface area contributed by atoms with Crippen molar-refractivity contribution in [3.05, 3.63) is 62.5 Å². The number of carbonyl (C=O) groups is 1. The lowest BCUT2D eigenvalue weighted by molar-refractivity contribution is 0.101. The van der Waals surface area contributed by atoms with Crippen molar-refractivity contribution in [1.82, 2.24) is 4.98 Å². The van der Waals surface area contributed by atoms with Gasteiger partial charge in [-0.15, -0.1) is 0 Å². The molecule has 2 aromatic heterocycles. The lowest BCUT2D eigenvalue weighted by atomic mass is 10.0. The third-order valence-electron chi connectivity index (χ3n) is 3.80. The number of hydrogen-bond donors (Lipinski definition) is 0. The highest BCUT2D eigenvalue weighted by atomic mass is 35.5. The van der Waals surface area contributed by atoms with E-state index in [4.69, 9.17) is 16.0 Å². The summed E-state index contributed by atoms with van der Waals surface area (Å²) in [6.07, 6.45) is 3.25. The van der Waals surface area contributed by atoms with E-state index < -0.39 is 0 Å². The summed E-state index contributed by atoms with van der Waals surface area (Å²) in [6, 6.07) is 5.22. The number of aryl methyl sites for hydroxylation is 1. The Morgan fingerprint density at radius 1 is 1.30 bits per heavy atom. The van der Waals surface area contributed by atoms with Crippen LogP contribution in [0.1, 0.15) is 28.4 Å². The lowest BCUT2D eigenvalue weighted by Gasteiger charge is -2.11. The van der Waals surface area contributed by atoms with Crippen LogP contribution >= 0.6 is 11.6 Å². The largest absolute Gasteiger partial charge is 0.455 e. The van der Waals surface area contributed by atoms with Crippen LogP contribution in [0.2, 0.25) is 5.02 Å². The summed E-state index contributed by atoms with van der Waals surface area (Å²) in [5.41, 5.74) is 2.11. The Bertz CT molecular complexity index is 991. The van der Waals surface area contributed by atoms with Gasteiger partial charge in [0, 0.05) is 23.5 Å². The fraction of sp³-hybridized carbons (Fsp3) is 0.167. The molecule has 0 radical (unpaired) electrons. The van der Waals surface area contributed by atoms with E-state index in [-0.39, 0.29) is 22.4 Å². The van der Waals surface area contributed by atoms with E-state index in [1.165, 1.54) is 6.92 Å². The molecule has 116 valence electrons. The van der Waals surface area contributed by atoms with Gasteiger partial charge in [0.1, 0.15) is 5.76 Å². The summed E-state index contributed by atoms with van der Waals surface area (Å²) in [5.74, 6) is 0.158. The van der Waals surface area contributed by atoms with Gasteiger partial charge in [-0.25, -0.2) is 0 Å². The minimum absolute atomic E-state index is 0.174. The molecule has 0 fully saturated rings. The maximum Gasteiger partial charge on any atom is 0.196 e. The molecule has 0 atom stereocenters. The summed E-state index contributed by atoms with van der Waals surface area (Å²) in [5, 5.41) is 0.677. The molecule has 5 heteroatoms. The van der Waals surface area contributed by atoms with Crippen LogP contribution in [-0.4, -0.2) is 10.8 Å². The molecule has 2 heterocycles. The number of nitrogens with zero attached hydrogens (tertiary/aromatic N) is 1. The summed E-state index contributed by atoms with van der Waals surface area (Å²) < 4.78 is 5.94. The number of pyridine rings is 1. The first-order chi connectivity index (χ1) is 10.9. The number of ketones is 1. The Labute approximate surface area is 137 Å². The van der Waals surface area contributed by atoms with Crippen LogP contribution in [-0.2, 0) is 0 Å². The standard InChI is InChI=1S/C18H14ClNO3/c1-9-7-13-16(22)10(2)17(12-5-4-6-20-8-12)23-18(13)14(11(3)21)15(9)19/h4-8H,1-3H3. The van der Waals surface area contributed by atoms with Crippen molar-refractivity contribution >= 4 is 28.4 Å². The van der Waals surface area contributed by atoms with Gasteiger partial charge in [0.05, 0.1) is 16.0 Å². The molecule has 0 unspecified atom stereocenters. The van der Waals surface area contributed by atoms with Gasteiger partial charge in [0.25, 0.3) is 0 Å². The topological polar surface area (TPSA) is 60.2 Å². The first-order valence-corrected chi connectivity index (χ1v) is 7.47. The normalized spacial score (nSPS) is 11.0. The molecule has 0 N–H and O–H groups in total. The predicted molar refractivity (Wildman–Crippen MR) is 90.2 cm³/mol. The quantitative estimate of drug-likeness (QED) is 0.657. The maximum absolute atomic E-state index is 12.7. The first-order valence-electron chi connectivity index (χ1n) is 7.09. The number of rotatable bonds is 2. The van der Waals surface area contributed by atoms with Gasteiger partial charge in [0.2, 0.25) is 0 Å². The Morgan fingerprint density at radius 2 is 2.04 bits per heavy atom. The van der Waals surface area contributed by atoms with Crippen LogP contribution in [0.3, 0.4) is 0 Å². The van der Waals surface area contributed by atoms with E-state index in [0.29, 0.717) is 32.9 Å². The molecule has 0 amide bonds. The molecule has 1 aromatic carbocycles. The molecule has 0 saturated carbocycles. The molecular formula is C18H14ClNO3. The zero-order valence-corrected chi connectivity index (χ0v) is 13.7. The average molecular weight is 328 g/mol. The zero-order valence-electron chi connectivity index (χ0n) is 12.9. The Hall–Kier alpha value is -2.46. The summed E-state index contributed by atoms with van der Waals surface area (Å²) in [4.78, 5) is 28.8. The van der Waals surface area contributed by atoms with E-state index >= 15 is 0 Å². The smallest absolute Gasteiger partial charge is 0.196 e. The molecule has 0 aliphatic heterocycles. The molecule has 3 aromatic rings. The minimum Gasteiger partial charge on any atom is -0.455 e. The number of carbonyl (C=O) groups excluding carboxylic acids is 1. The van der Waals surface area contributed by atoms with E-state index in [9.17, 15) is 9.59 Å². The third kappa shape index (κ3) is 2.45. The zero-order chi connectivity index (χ0) is 16.7. The highest BCUT2D eigenvalue weighted by Crippen LogP contribution is 2.32. The summed E-state index contributed by atoms with van der Waals surface area (Å²) >= 11 is 6.26. The predicted octanol–water partition coefficient (Wildman–Crippen LogP) is 4.33. The fourth-order valence-corrected chi connectivity index (χ4v) is 2.90. The van der Waals surface area contributed by atoms with E-state index in [2.05, 4.69) is 4.98 Å². The molecule has 0 saturated heterocycles. The van der Waals surface area contributed by atoms with E-state index in [1.54, 1.807) is 44.4 Å². The number of Topliss-reactive ketones (excluding diaryl/α,β-unsaturated/α-hetero) is 1. The second kappa shape index (κ2) is 5.63. The number of benzene rings is 1. The number of hydrogen-bond acceptors (Lipinski definition) is 4. The molecule has 0 aliphatic rings. The van der Waals surface area contributed by atoms with Crippen LogP contribution in [0.5, 0.6) is 0 Å². The lowest BCUT2D eigenvalue weighted by Crippen LogP contribution is -2.10. The molecular weight excluding hydrogens is 314 g/mol. The van der Waals surface area contributed by atoms with Gasteiger partial charge in [-0.3, -0.25) is 14.6 Å². The first kappa shape index (κ1) is 15.4. The van der Waals surface area contributed by atoms with Gasteiger partial charge >= 0.3 is 0 Å². The van der Waals surface area contributed by atoms with Gasteiger partial charge in [-0.05, 0) is 44.5 Å². The molecule has 23 heavy (non-hydrogen) atoms. The van der Waals surface area contributed by atoms with Gasteiger partial charge in [-0.1, -0.05) is 11.6 Å². The number of fused-ring (bicyclic) bond motifs is 1. The number of halogens is 1. The van der Waals surface area contributed by atoms with Crippen LogP contribution in [0.15, 0.2) is 39.8 Å². The average Bonchev–Trinajstić information content (AvgIpc) is 2.53. The molecule has 0 spiro atoms. The monoisotopic (exact) mass is 327 g/mol. The minimum atomic E-state index is -0.243. The van der Waals surface area contributed by atoms with Gasteiger partial charge in [-0.2, -0.15) is 0 Å². The van der Waals surface area contributed by atoms with Crippen molar-refractivity contribution in [1.29, 1.82) is 0 Å². The number of aromatic nitrogens is 1. The van der Waals surface area contributed by atoms with Crippen molar-refractivity contribution in [2.24, 2.45) is 0 Å². The Morgan fingerprint density at radius 3 is 2.65 bits per heavy atom. The fourth-order valence-electron chi connectivity index (χ4n) is 2.62. The van der Waals surface area contributed by atoms with Crippen molar-refractivity contribution in [2.75, 3.05) is 0 Å². The van der Waals surface area contributed by atoms with Crippen molar-refractivity contribution in [2.45, 2.75) is 20.8 Å². The summed E-state index contributed by atoms with van der Waals surface area (Å²) in [6.45, 7) is 4.87. The summed E-state index contributed by atoms with van der Waals surface area (Å²) in [7, 11) is 0. The Balaban J connectivity index is 2.50. The highest BCUT2D eigenvalue weighted by molar-refractivity contribution is 6.36. The highest BCUT2D eigenvalue weighted by Gasteiger charge is 2.20.